The minimum Gasteiger partial charge on any atom is -0.497 e. The highest BCUT2D eigenvalue weighted by Gasteiger charge is 2.31. The van der Waals surface area contributed by atoms with Crippen molar-refractivity contribution < 1.29 is 14.3 Å². The number of anilines is 1. The minimum absolute atomic E-state index is 0.0436. The molecule has 0 spiro atoms. The molecule has 1 saturated carbocycles. The smallest absolute Gasteiger partial charge is 0.248 e. The summed E-state index contributed by atoms with van der Waals surface area (Å²) in [5, 5.41) is 2.79. The van der Waals surface area contributed by atoms with Crippen molar-refractivity contribution in [3.05, 3.63) is 36.4 Å². The molecule has 3 N–H and O–H groups in total. The molecule has 0 unspecified atom stereocenters. The first-order valence-electron chi connectivity index (χ1n) is 7.91. The third kappa shape index (κ3) is 5.53. The molecule has 5 nitrogen and oxygen atoms in total. The third-order valence-electron chi connectivity index (χ3n) is 4.02. The molecule has 5 heteroatoms. The van der Waals surface area contributed by atoms with Crippen LogP contribution < -0.4 is 15.8 Å². The second kappa shape index (κ2) is 7.92. The number of ether oxygens (including phenoxy) is 1. The van der Waals surface area contributed by atoms with Gasteiger partial charge in [0, 0.05) is 12.1 Å². The zero-order valence-corrected chi connectivity index (χ0v) is 13.6. The van der Waals surface area contributed by atoms with Crippen molar-refractivity contribution in [1.29, 1.82) is 0 Å². The lowest BCUT2D eigenvalue weighted by molar-refractivity contribution is -0.120. The predicted molar refractivity (Wildman–Crippen MR) is 90.3 cm³/mol. The monoisotopic (exact) mass is 316 g/mol. The molecule has 2 atom stereocenters. The molecule has 2 rings (SSSR count). The summed E-state index contributed by atoms with van der Waals surface area (Å²) in [6.07, 6.45) is 6.00. The highest BCUT2D eigenvalue weighted by molar-refractivity contribution is 5.99. The fourth-order valence-corrected chi connectivity index (χ4v) is 2.40. The SMILES string of the molecule is COc1ccc(NC(=O)/C=C/[C@@H](CC(=O)[C@H](C)N)C2CC2)cc1. The second-order valence-corrected chi connectivity index (χ2v) is 6.04. The van der Waals surface area contributed by atoms with Crippen LogP contribution in [0.3, 0.4) is 0 Å². The standard InChI is InChI=1S/C18H24N2O3/c1-12(19)17(21)11-14(13-3-4-13)5-10-18(22)20-15-6-8-16(23-2)9-7-15/h5-10,12-14H,3-4,11,19H2,1-2H3,(H,20,22)/b10-5+/t12-,14-/m0/s1. The Balaban J connectivity index is 1.90. The number of Topliss-reactive ketones (excluding diaryl/α,β-unsaturated/α-hetero) is 1. The number of nitrogens with one attached hydrogen (secondary N) is 1. The number of hydrogen-bond donors (Lipinski definition) is 2. The lowest BCUT2D eigenvalue weighted by Gasteiger charge is -2.12. The van der Waals surface area contributed by atoms with Gasteiger partial charge in [0.2, 0.25) is 5.91 Å². The molecule has 0 radical (unpaired) electrons. The van der Waals surface area contributed by atoms with Crippen LogP contribution in [0.2, 0.25) is 0 Å². The number of carbonyl (C=O) groups is 2. The lowest BCUT2D eigenvalue weighted by atomic mass is 9.94. The fraction of sp³-hybridized carbons (Fsp3) is 0.444. The summed E-state index contributed by atoms with van der Waals surface area (Å²) >= 11 is 0. The van der Waals surface area contributed by atoms with E-state index in [1.54, 1.807) is 38.3 Å². The molecular formula is C18H24N2O3. The zero-order chi connectivity index (χ0) is 16.8. The van der Waals surface area contributed by atoms with Gasteiger partial charge in [0.25, 0.3) is 0 Å². The van der Waals surface area contributed by atoms with Gasteiger partial charge in [-0.2, -0.15) is 0 Å². The summed E-state index contributed by atoms with van der Waals surface area (Å²) in [5.74, 6) is 1.19. The van der Waals surface area contributed by atoms with E-state index in [2.05, 4.69) is 5.32 Å². The molecule has 1 aliphatic rings. The first-order chi connectivity index (χ1) is 11.0. The van der Waals surface area contributed by atoms with Crippen molar-refractivity contribution in [2.45, 2.75) is 32.2 Å². The Morgan fingerprint density at radius 1 is 1.35 bits per heavy atom. The van der Waals surface area contributed by atoms with Gasteiger partial charge in [-0.3, -0.25) is 9.59 Å². The number of hydrogen-bond acceptors (Lipinski definition) is 4. The predicted octanol–water partition coefficient (Wildman–Crippen LogP) is 2.52. The van der Waals surface area contributed by atoms with E-state index >= 15 is 0 Å². The molecule has 0 bridgehead atoms. The maximum Gasteiger partial charge on any atom is 0.248 e. The van der Waals surface area contributed by atoms with Gasteiger partial charge < -0.3 is 15.8 Å². The molecule has 0 saturated heterocycles. The van der Waals surface area contributed by atoms with E-state index in [1.165, 1.54) is 6.08 Å². The van der Waals surface area contributed by atoms with Crippen molar-refractivity contribution in [1.82, 2.24) is 0 Å². The Morgan fingerprint density at radius 2 is 2.00 bits per heavy atom. The van der Waals surface area contributed by atoms with E-state index in [0.717, 1.165) is 18.6 Å². The van der Waals surface area contributed by atoms with Crippen molar-refractivity contribution in [3.8, 4) is 5.75 Å². The summed E-state index contributed by atoms with van der Waals surface area (Å²) in [6, 6.07) is 6.68. The summed E-state index contributed by atoms with van der Waals surface area (Å²) in [6.45, 7) is 1.70. The van der Waals surface area contributed by atoms with Gasteiger partial charge in [-0.05, 0) is 61.9 Å². The maximum absolute atomic E-state index is 12.0. The number of benzene rings is 1. The van der Waals surface area contributed by atoms with E-state index in [4.69, 9.17) is 10.5 Å². The van der Waals surface area contributed by atoms with Crippen molar-refractivity contribution in [3.63, 3.8) is 0 Å². The number of ketones is 1. The van der Waals surface area contributed by atoms with Crippen LogP contribution in [0.5, 0.6) is 5.75 Å². The molecule has 1 amide bonds. The molecule has 1 aromatic rings. The van der Waals surface area contributed by atoms with Crippen LogP contribution in [0.1, 0.15) is 26.2 Å². The van der Waals surface area contributed by atoms with Crippen LogP contribution in [-0.4, -0.2) is 24.8 Å². The Morgan fingerprint density at radius 3 is 2.52 bits per heavy atom. The van der Waals surface area contributed by atoms with E-state index in [-0.39, 0.29) is 17.6 Å². The molecular weight excluding hydrogens is 292 g/mol. The third-order valence-corrected chi connectivity index (χ3v) is 4.02. The van der Waals surface area contributed by atoms with E-state index in [9.17, 15) is 9.59 Å². The molecule has 0 aromatic heterocycles. The Hall–Kier alpha value is -2.14. The Kier molecular flexibility index (Phi) is 5.93. The first kappa shape index (κ1) is 17.2. The van der Waals surface area contributed by atoms with Crippen LogP contribution >= 0.6 is 0 Å². The second-order valence-electron chi connectivity index (χ2n) is 6.04. The largest absolute Gasteiger partial charge is 0.497 e. The Bertz CT molecular complexity index is 574. The number of nitrogens with two attached hydrogens (primary N) is 1. The molecule has 1 fully saturated rings. The average Bonchev–Trinajstić information content (AvgIpc) is 3.36. The van der Waals surface area contributed by atoms with Gasteiger partial charge in [-0.1, -0.05) is 6.08 Å². The van der Waals surface area contributed by atoms with E-state index in [1.807, 2.05) is 6.08 Å². The number of rotatable bonds is 8. The quantitative estimate of drug-likeness (QED) is 0.722. The number of methoxy groups -OCH3 is 1. The maximum atomic E-state index is 12.0. The van der Waals surface area contributed by atoms with Gasteiger partial charge >= 0.3 is 0 Å². The van der Waals surface area contributed by atoms with Gasteiger partial charge in [0.05, 0.1) is 13.2 Å². The number of amides is 1. The normalized spacial score (nSPS) is 16.8. The first-order valence-corrected chi connectivity index (χ1v) is 7.91. The summed E-state index contributed by atoms with van der Waals surface area (Å²) in [4.78, 5) is 23.8. The summed E-state index contributed by atoms with van der Waals surface area (Å²) < 4.78 is 5.07. The van der Waals surface area contributed by atoms with Gasteiger partial charge in [0.15, 0.2) is 0 Å². The highest BCUT2D eigenvalue weighted by atomic mass is 16.5. The van der Waals surface area contributed by atoms with E-state index < -0.39 is 6.04 Å². The molecule has 1 aromatic carbocycles. The summed E-state index contributed by atoms with van der Waals surface area (Å²) in [7, 11) is 1.60. The highest BCUT2D eigenvalue weighted by Crippen LogP contribution is 2.39. The fourth-order valence-electron chi connectivity index (χ4n) is 2.40. The van der Waals surface area contributed by atoms with Crippen LogP contribution in [0.4, 0.5) is 5.69 Å². The van der Waals surface area contributed by atoms with E-state index in [0.29, 0.717) is 18.0 Å². The molecule has 23 heavy (non-hydrogen) atoms. The number of allylic oxidation sites excluding steroid dienone is 1. The van der Waals surface area contributed by atoms with Crippen molar-refractivity contribution in [2.75, 3.05) is 12.4 Å². The average molecular weight is 316 g/mol. The lowest BCUT2D eigenvalue weighted by Crippen LogP contribution is -2.28. The van der Waals surface area contributed by atoms with Crippen molar-refractivity contribution >= 4 is 17.4 Å². The van der Waals surface area contributed by atoms with Crippen LogP contribution in [-0.2, 0) is 9.59 Å². The van der Waals surface area contributed by atoms with Gasteiger partial charge in [-0.25, -0.2) is 0 Å². The molecule has 0 heterocycles. The minimum atomic E-state index is -0.447. The molecule has 1 aliphatic carbocycles. The topological polar surface area (TPSA) is 81.4 Å². The molecule has 0 aliphatic heterocycles. The molecule has 124 valence electrons. The summed E-state index contributed by atoms with van der Waals surface area (Å²) in [5.41, 5.74) is 6.33. The van der Waals surface area contributed by atoms with Crippen molar-refractivity contribution in [2.24, 2.45) is 17.6 Å². The Labute approximate surface area is 136 Å². The van der Waals surface area contributed by atoms with Crippen LogP contribution in [0.25, 0.3) is 0 Å². The van der Waals surface area contributed by atoms with Gasteiger partial charge in [-0.15, -0.1) is 0 Å². The van der Waals surface area contributed by atoms with Gasteiger partial charge in [0.1, 0.15) is 11.5 Å². The zero-order valence-electron chi connectivity index (χ0n) is 13.6. The van der Waals surface area contributed by atoms with Crippen LogP contribution in [0, 0.1) is 11.8 Å². The van der Waals surface area contributed by atoms with Crippen LogP contribution in [0.15, 0.2) is 36.4 Å². The number of carbonyl (C=O) groups excluding carboxylic acids is 2.